The first-order chi connectivity index (χ1) is 17.0. The van der Waals surface area contributed by atoms with Gasteiger partial charge < -0.3 is 14.8 Å². The average Bonchev–Trinajstić information content (AvgIpc) is 3.10. The number of aromatic nitrogens is 2. The van der Waals surface area contributed by atoms with Crippen LogP contribution in [0.25, 0.3) is 0 Å². The van der Waals surface area contributed by atoms with Gasteiger partial charge in [-0.15, -0.1) is 0 Å². The van der Waals surface area contributed by atoms with Crippen LogP contribution < -0.4 is 5.32 Å². The fraction of sp³-hybridized carbons (Fsp3) is 0.577. The zero-order valence-corrected chi connectivity index (χ0v) is 20.8. The molecule has 0 radical (unpaired) electrons. The number of alkyl halides is 3. The molecule has 1 N–H and O–H groups in total. The number of hydrogen-bond acceptors (Lipinski definition) is 5. The highest BCUT2D eigenvalue weighted by Crippen LogP contribution is 2.37. The lowest BCUT2D eigenvalue weighted by molar-refractivity contribution is -0.138. The summed E-state index contributed by atoms with van der Waals surface area (Å²) in [6.07, 6.45) is -1.71. The van der Waals surface area contributed by atoms with Crippen molar-refractivity contribution in [1.29, 1.82) is 0 Å². The molecule has 4 rings (SSSR count). The summed E-state index contributed by atoms with van der Waals surface area (Å²) >= 11 is 0. The molecule has 1 fully saturated rings. The summed E-state index contributed by atoms with van der Waals surface area (Å²) in [5, 5.41) is 7.77. The fourth-order valence-corrected chi connectivity index (χ4v) is 5.04. The van der Waals surface area contributed by atoms with Gasteiger partial charge in [0, 0.05) is 32.2 Å². The molecule has 1 atom stereocenters. The second-order valence-corrected chi connectivity index (χ2v) is 10.0. The van der Waals surface area contributed by atoms with Crippen molar-refractivity contribution in [3.63, 3.8) is 0 Å². The van der Waals surface area contributed by atoms with Crippen LogP contribution in [-0.4, -0.2) is 48.0 Å². The van der Waals surface area contributed by atoms with E-state index in [2.05, 4.69) is 5.32 Å². The van der Waals surface area contributed by atoms with Crippen molar-refractivity contribution in [2.45, 2.75) is 59.2 Å². The van der Waals surface area contributed by atoms with Gasteiger partial charge in [-0.25, -0.2) is 4.79 Å². The Balaban J connectivity index is 1.51. The zero-order chi connectivity index (χ0) is 26.1. The number of carbonyl (C=O) groups excluding carboxylic acids is 2. The highest BCUT2D eigenvalue weighted by atomic mass is 19.4. The molecule has 0 bridgehead atoms. The van der Waals surface area contributed by atoms with Gasteiger partial charge in [-0.2, -0.15) is 18.3 Å². The first-order valence-electron chi connectivity index (χ1n) is 12.3. The third-order valence-corrected chi connectivity index (χ3v) is 7.10. The van der Waals surface area contributed by atoms with E-state index in [1.54, 1.807) is 0 Å². The summed E-state index contributed by atoms with van der Waals surface area (Å²) in [7, 11) is 0. The van der Waals surface area contributed by atoms with Gasteiger partial charge in [0.15, 0.2) is 0 Å². The lowest BCUT2D eigenvalue weighted by Gasteiger charge is -2.36. The predicted octanol–water partition coefficient (Wildman–Crippen LogP) is 4.35. The van der Waals surface area contributed by atoms with E-state index in [1.807, 2.05) is 18.5 Å². The van der Waals surface area contributed by atoms with Crippen LogP contribution in [0.15, 0.2) is 18.2 Å². The topological polar surface area (TPSA) is 82.5 Å². The zero-order valence-electron chi connectivity index (χ0n) is 20.8. The van der Waals surface area contributed by atoms with E-state index in [1.165, 1.54) is 13.0 Å². The molecule has 1 spiro atoms. The number of esters is 1. The number of hydrogen-bond donors (Lipinski definition) is 1. The molecule has 36 heavy (non-hydrogen) atoms. The lowest BCUT2D eigenvalue weighted by Crippen LogP contribution is -2.41. The minimum absolute atomic E-state index is 0.0781. The SMILES string of the molecule is CCc1nn(C[C@@H](C)COC(=O)c2ccc(C)cc2C(F)(F)F)c2c1C(=O)NCC1(CCOCC1)C2. The number of ether oxygens (including phenoxy) is 2. The van der Waals surface area contributed by atoms with Crippen molar-refractivity contribution in [1.82, 2.24) is 15.1 Å². The van der Waals surface area contributed by atoms with Crippen molar-refractivity contribution >= 4 is 11.9 Å². The minimum atomic E-state index is -4.66. The number of carbonyl (C=O) groups is 2. The Morgan fingerprint density at radius 2 is 2.03 bits per heavy atom. The van der Waals surface area contributed by atoms with E-state index in [0.717, 1.165) is 30.7 Å². The van der Waals surface area contributed by atoms with Gasteiger partial charge >= 0.3 is 12.1 Å². The van der Waals surface area contributed by atoms with E-state index >= 15 is 0 Å². The van der Waals surface area contributed by atoms with Crippen molar-refractivity contribution in [3.05, 3.63) is 51.8 Å². The van der Waals surface area contributed by atoms with Crippen LogP contribution in [-0.2, 0) is 35.0 Å². The molecular weight excluding hydrogens is 475 g/mol. The Bertz CT molecular complexity index is 1140. The molecule has 1 amide bonds. The van der Waals surface area contributed by atoms with E-state index < -0.39 is 23.3 Å². The molecule has 0 aliphatic carbocycles. The molecule has 2 aliphatic rings. The standard InChI is InChI=1S/C26H32F3N3O4/c1-4-20-22-21(12-25(15-30-23(22)33)7-9-35-10-8-25)32(31-20)13-17(3)14-36-24(34)18-6-5-16(2)11-19(18)26(27,28)29/h5-6,11,17H,4,7-10,12-15H2,1-3H3,(H,30,33)/t17-/m1/s1. The lowest BCUT2D eigenvalue weighted by atomic mass is 9.76. The summed E-state index contributed by atoms with van der Waals surface area (Å²) in [5.41, 5.74) is 0.990. The maximum absolute atomic E-state index is 13.4. The van der Waals surface area contributed by atoms with Gasteiger partial charge in [0.05, 0.1) is 34.7 Å². The van der Waals surface area contributed by atoms with Crippen molar-refractivity contribution in [2.24, 2.45) is 11.3 Å². The summed E-state index contributed by atoms with van der Waals surface area (Å²) < 4.78 is 52.9. The summed E-state index contributed by atoms with van der Waals surface area (Å²) in [6, 6.07) is 3.55. The predicted molar refractivity (Wildman–Crippen MR) is 126 cm³/mol. The first kappa shape index (κ1) is 26.2. The second-order valence-electron chi connectivity index (χ2n) is 10.0. The van der Waals surface area contributed by atoms with Crippen LogP contribution in [0.3, 0.4) is 0 Å². The van der Waals surface area contributed by atoms with E-state index in [4.69, 9.17) is 14.6 Å². The number of fused-ring (bicyclic) bond motifs is 1. The molecule has 1 saturated heterocycles. The van der Waals surface area contributed by atoms with Crippen molar-refractivity contribution in [2.75, 3.05) is 26.4 Å². The molecule has 3 heterocycles. The second kappa shape index (κ2) is 10.2. The van der Waals surface area contributed by atoms with Crippen LogP contribution in [0.2, 0.25) is 0 Å². The number of rotatable bonds is 6. The highest BCUT2D eigenvalue weighted by molar-refractivity contribution is 5.97. The van der Waals surface area contributed by atoms with Gasteiger partial charge in [0.2, 0.25) is 0 Å². The largest absolute Gasteiger partial charge is 0.462 e. The average molecular weight is 508 g/mol. The molecule has 2 aromatic rings. The monoisotopic (exact) mass is 507 g/mol. The smallest absolute Gasteiger partial charge is 0.417 e. The van der Waals surface area contributed by atoms with Crippen LogP contribution in [0.4, 0.5) is 13.2 Å². The van der Waals surface area contributed by atoms with Crippen molar-refractivity contribution < 1.29 is 32.2 Å². The Labute approximate surface area is 208 Å². The van der Waals surface area contributed by atoms with Gasteiger partial charge in [-0.1, -0.05) is 25.5 Å². The molecule has 196 valence electrons. The number of amides is 1. The molecule has 1 aromatic carbocycles. The van der Waals surface area contributed by atoms with Gasteiger partial charge in [-0.3, -0.25) is 9.48 Å². The Hall–Kier alpha value is -2.88. The third kappa shape index (κ3) is 5.43. The minimum Gasteiger partial charge on any atom is -0.462 e. The van der Waals surface area contributed by atoms with Gasteiger partial charge in [0.25, 0.3) is 5.91 Å². The summed E-state index contributed by atoms with van der Waals surface area (Å²) in [4.78, 5) is 25.5. The number of halogens is 3. The first-order valence-corrected chi connectivity index (χ1v) is 12.3. The maximum Gasteiger partial charge on any atom is 0.417 e. The molecular formula is C26H32F3N3O4. The molecule has 2 aliphatic heterocycles. The Morgan fingerprint density at radius 1 is 1.31 bits per heavy atom. The third-order valence-electron chi connectivity index (χ3n) is 7.10. The fourth-order valence-electron chi connectivity index (χ4n) is 5.04. The number of aryl methyl sites for hydroxylation is 2. The number of benzene rings is 1. The van der Waals surface area contributed by atoms with E-state index in [-0.39, 0.29) is 23.8 Å². The van der Waals surface area contributed by atoms with Crippen molar-refractivity contribution in [3.8, 4) is 0 Å². The summed E-state index contributed by atoms with van der Waals surface area (Å²) in [5.74, 6) is -1.38. The Kier molecular flexibility index (Phi) is 7.45. The quantitative estimate of drug-likeness (QED) is 0.588. The van der Waals surface area contributed by atoms with E-state index in [0.29, 0.717) is 56.0 Å². The van der Waals surface area contributed by atoms with Crippen LogP contribution >= 0.6 is 0 Å². The molecule has 0 saturated carbocycles. The normalized spacial score (nSPS) is 18.3. The van der Waals surface area contributed by atoms with Gasteiger partial charge in [-0.05, 0) is 50.2 Å². The van der Waals surface area contributed by atoms with Crippen LogP contribution in [0.5, 0.6) is 0 Å². The molecule has 7 nitrogen and oxygen atoms in total. The van der Waals surface area contributed by atoms with E-state index in [9.17, 15) is 22.8 Å². The summed E-state index contributed by atoms with van der Waals surface area (Å²) in [6.45, 7) is 7.48. The number of nitrogens with one attached hydrogen (secondary N) is 1. The molecule has 10 heteroatoms. The van der Waals surface area contributed by atoms with Crippen LogP contribution in [0, 0.1) is 18.3 Å². The maximum atomic E-state index is 13.4. The highest BCUT2D eigenvalue weighted by Gasteiger charge is 2.40. The molecule has 1 aromatic heterocycles. The Morgan fingerprint density at radius 3 is 2.69 bits per heavy atom. The molecule has 0 unspecified atom stereocenters. The van der Waals surface area contributed by atoms with Gasteiger partial charge in [0.1, 0.15) is 0 Å². The van der Waals surface area contributed by atoms with Crippen LogP contribution in [0.1, 0.15) is 69.9 Å². The number of nitrogens with zero attached hydrogens (tertiary/aromatic N) is 2.